The third kappa shape index (κ3) is 5.08. The van der Waals surface area contributed by atoms with Gasteiger partial charge in [-0.2, -0.15) is 8.78 Å². The second kappa shape index (κ2) is 8.26. The third-order valence-corrected chi connectivity index (χ3v) is 3.68. The Bertz CT molecular complexity index is 604. The Kier molecular flexibility index (Phi) is 6.35. The van der Waals surface area contributed by atoms with Crippen molar-refractivity contribution < 1.29 is 22.7 Å². The second-order valence-electron chi connectivity index (χ2n) is 4.63. The van der Waals surface area contributed by atoms with E-state index in [2.05, 4.69) is 5.32 Å². The van der Waals surface area contributed by atoms with Gasteiger partial charge in [0.1, 0.15) is 17.3 Å². The quantitative estimate of drug-likeness (QED) is 0.775. The SMILES string of the molecule is OCc1cc(CNCc2ccc(CSC(F)F)o2)ccc1F. The Hall–Kier alpha value is -1.44. The highest BCUT2D eigenvalue weighted by Gasteiger charge is 2.07. The summed E-state index contributed by atoms with van der Waals surface area (Å²) in [5.41, 5.74) is 1.09. The van der Waals surface area contributed by atoms with Gasteiger partial charge in [-0.05, 0) is 29.8 Å². The van der Waals surface area contributed by atoms with E-state index in [-0.39, 0.29) is 17.9 Å². The highest BCUT2D eigenvalue weighted by atomic mass is 32.2. The minimum Gasteiger partial charge on any atom is -0.464 e. The van der Waals surface area contributed by atoms with Gasteiger partial charge in [0, 0.05) is 12.1 Å². The van der Waals surface area contributed by atoms with Crippen LogP contribution >= 0.6 is 11.8 Å². The zero-order valence-corrected chi connectivity index (χ0v) is 12.5. The summed E-state index contributed by atoms with van der Waals surface area (Å²) in [6.07, 6.45) is 0. The van der Waals surface area contributed by atoms with Crippen LogP contribution in [-0.2, 0) is 25.4 Å². The molecule has 0 atom stereocenters. The van der Waals surface area contributed by atoms with E-state index in [9.17, 15) is 13.2 Å². The van der Waals surface area contributed by atoms with Gasteiger partial charge in [0.2, 0.25) is 0 Å². The van der Waals surface area contributed by atoms with Gasteiger partial charge in [0.15, 0.2) is 0 Å². The Labute approximate surface area is 130 Å². The van der Waals surface area contributed by atoms with Gasteiger partial charge in [0.25, 0.3) is 5.76 Å². The van der Waals surface area contributed by atoms with Gasteiger partial charge in [-0.3, -0.25) is 0 Å². The highest BCUT2D eigenvalue weighted by Crippen LogP contribution is 2.21. The summed E-state index contributed by atoms with van der Waals surface area (Å²) in [6.45, 7) is 0.573. The monoisotopic (exact) mass is 331 g/mol. The number of halogens is 3. The van der Waals surface area contributed by atoms with E-state index in [1.54, 1.807) is 24.3 Å². The van der Waals surface area contributed by atoms with E-state index in [0.29, 0.717) is 36.4 Å². The number of furan rings is 1. The van der Waals surface area contributed by atoms with Crippen LogP contribution in [-0.4, -0.2) is 10.9 Å². The number of aliphatic hydroxyl groups is 1. The fourth-order valence-corrected chi connectivity index (χ4v) is 2.37. The first-order valence-corrected chi connectivity index (χ1v) is 7.69. The van der Waals surface area contributed by atoms with Crippen molar-refractivity contribution in [3.8, 4) is 0 Å². The molecule has 0 aliphatic heterocycles. The van der Waals surface area contributed by atoms with E-state index >= 15 is 0 Å². The lowest BCUT2D eigenvalue weighted by Gasteiger charge is -2.06. The van der Waals surface area contributed by atoms with Crippen LogP contribution in [0.15, 0.2) is 34.7 Å². The zero-order chi connectivity index (χ0) is 15.9. The molecule has 0 fully saturated rings. The first kappa shape index (κ1) is 16.9. The maximum atomic E-state index is 13.2. The molecule has 1 aromatic carbocycles. The summed E-state index contributed by atoms with van der Waals surface area (Å²) in [5.74, 6) is -1.56. The van der Waals surface area contributed by atoms with Gasteiger partial charge >= 0.3 is 0 Å². The van der Waals surface area contributed by atoms with Crippen LogP contribution in [0.2, 0.25) is 0 Å². The molecule has 1 aromatic heterocycles. The number of nitrogens with one attached hydrogen (secondary N) is 1. The normalized spacial score (nSPS) is 11.3. The Morgan fingerprint density at radius 2 is 1.91 bits per heavy atom. The average molecular weight is 331 g/mol. The largest absolute Gasteiger partial charge is 0.464 e. The summed E-state index contributed by atoms with van der Waals surface area (Å²) >= 11 is 0.517. The van der Waals surface area contributed by atoms with E-state index in [0.717, 1.165) is 5.56 Å². The van der Waals surface area contributed by atoms with Gasteiger partial charge in [0.05, 0.1) is 18.9 Å². The molecule has 0 radical (unpaired) electrons. The molecule has 0 aliphatic carbocycles. The van der Waals surface area contributed by atoms with E-state index < -0.39 is 11.6 Å². The maximum Gasteiger partial charge on any atom is 0.284 e. The molecule has 0 spiro atoms. The van der Waals surface area contributed by atoms with Crippen LogP contribution in [0, 0.1) is 5.82 Å². The second-order valence-corrected chi connectivity index (χ2v) is 5.61. The predicted molar refractivity (Wildman–Crippen MR) is 78.9 cm³/mol. The molecule has 2 aromatic rings. The molecule has 0 bridgehead atoms. The van der Waals surface area contributed by atoms with E-state index in [1.807, 2.05) is 0 Å². The zero-order valence-electron chi connectivity index (χ0n) is 11.7. The number of alkyl halides is 2. The standard InChI is InChI=1S/C15H16F3NO2S/c16-14-4-1-10(5-11(14)8-20)6-19-7-12-2-3-13(21-12)9-22-15(17)18/h1-5,15,19-20H,6-9H2. The number of hydrogen-bond donors (Lipinski definition) is 2. The Balaban J connectivity index is 1.81. The summed E-state index contributed by atoms with van der Waals surface area (Å²) in [5, 5.41) is 12.1. The van der Waals surface area contributed by atoms with Gasteiger partial charge in [-0.25, -0.2) is 4.39 Å². The van der Waals surface area contributed by atoms with Gasteiger partial charge in [-0.15, -0.1) is 0 Å². The Morgan fingerprint density at radius 3 is 2.64 bits per heavy atom. The maximum absolute atomic E-state index is 13.2. The summed E-state index contributed by atoms with van der Waals surface area (Å²) in [6, 6.07) is 7.95. The van der Waals surface area contributed by atoms with Crippen LogP contribution in [0.5, 0.6) is 0 Å². The first-order chi connectivity index (χ1) is 10.6. The topological polar surface area (TPSA) is 45.4 Å². The number of rotatable bonds is 8. The molecule has 0 saturated carbocycles. The number of hydrogen-bond acceptors (Lipinski definition) is 4. The van der Waals surface area contributed by atoms with Crippen molar-refractivity contribution in [2.45, 2.75) is 31.2 Å². The molecule has 2 N–H and O–H groups in total. The van der Waals surface area contributed by atoms with Gasteiger partial charge in [-0.1, -0.05) is 17.8 Å². The first-order valence-electron chi connectivity index (χ1n) is 6.64. The van der Waals surface area contributed by atoms with Crippen molar-refractivity contribution in [3.63, 3.8) is 0 Å². The minimum atomic E-state index is -2.41. The number of benzene rings is 1. The van der Waals surface area contributed by atoms with Crippen molar-refractivity contribution in [2.75, 3.05) is 0 Å². The third-order valence-electron chi connectivity index (χ3n) is 2.98. The summed E-state index contributed by atoms with van der Waals surface area (Å²) in [4.78, 5) is 0. The van der Waals surface area contributed by atoms with Crippen LogP contribution in [0.1, 0.15) is 22.6 Å². The molecular weight excluding hydrogens is 315 g/mol. The predicted octanol–water partition coefficient (Wildman–Crippen LogP) is 3.66. The van der Waals surface area contributed by atoms with Crippen molar-refractivity contribution in [1.29, 1.82) is 0 Å². The lowest BCUT2D eigenvalue weighted by Crippen LogP contribution is -2.12. The van der Waals surface area contributed by atoms with Crippen molar-refractivity contribution in [3.05, 3.63) is 58.8 Å². The van der Waals surface area contributed by atoms with Crippen LogP contribution in [0.25, 0.3) is 0 Å². The van der Waals surface area contributed by atoms with E-state index in [4.69, 9.17) is 9.52 Å². The molecule has 3 nitrogen and oxygen atoms in total. The molecule has 0 saturated heterocycles. The van der Waals surface area contributed by atoms with Crippen molar-refractivity contribution in [1.82, 2.24) is 5.32 Å². The smallest absolute Gasteiger partial charge is 0.284 e. The molecule has 0 amide bonds. The highest BCUT2D eigenvalue weighted by molar-refractivity contribution is 7.98. The molecule has 120 valence electrons. The van der Waals surface area contributed by atoms with Crippen LogP contribution in [0.3, 0.4) is 0 Å². The number of thioether (sulfide) groups is 1. The molecule has 22 heavy (non-hydrogen) atoms. The van der Waals surface area contributed by atoms with Crippen LogP contribution in [0.4, 0.5) is 13.2 Å². The summed E-state index contributed by atoms with van der Waals surface area (Å²) in [7, 11) is 0. The molecule has 1 heterocycles. The molecule has 7 heteroatoms. The Morgan fingerprint density at radius 1 is 1.14 bits per heavy atom. The summed E-state index contributed by atoms with van der Waals surface area (Å²) < 4.78 is 42.8. The molecule has 0 aliphatic rings. The minimum absolute atomic E-state index is 0.134. The van der Waals surface area contributed by atoms with Crippen molar-refractivity contribution in [2.24, 2.45) is 0 Å². The van der Waals surface area contributed by atoms with Crippen LogP contribution < -0.4 is 5.32 Å². The van der Waals surface area contributed by atoms with Gasteiger partial charge < -0.3 is 14.8 Å². The molecule has 2 rings (SSSR count). The van der Waals surface area contributed by atoms with Crippen molar-refractivity contribution >= 4 is 11.8 Å². The lowest BCUT2D eigenvalue weighted by molar-refractivity contribution is 0.251. The fourth-order valence-electron chi connectivity index (χ4n) is 1.93. The molecule has 0 unspecified atom stereocenters. The van der Waals surface area contributed by atoms with E-state index in [1.165, 1.54) is 6.07 Å². The lowest BCUT2D eigenvalue weighted by atomic mass is 10.1. The molecular formula is C15H16F3NO2S. The average Bonchev–Trinajstić information content (AvgIpc) is 2.95. The number of aliphatic hydroxyl groups excluding tert-OH is 1. The fraction of sp³-hybridized carbons (Fsp3) is 0.333.